The fourth-order valence-corrected chi connectivity index (χ4v) is 3.48. The lowest BCUT2D eigenvalue weighted by molar-refractivity contribution is -0.0845. The summed E-state index contributed by atoms with van der Waals surface area (Å²) in [6, 6.07) is 0. The minimum Gasteiger partial charge on any atom is -0.396 e. The summed E-state index contributed by atoms with van der Waals surface area (Å²) in [4.78, 5) is 11.0. The quantitative estimate of drug-likeness (QED) is 0.369. The fraction of sp³-hybridized carbons (Fsp3) is 0.533. The number of hydrogen-bond donors (Lipinski definition) is 5. The summed E-state index contributed by atoms with van der Waals surface area (Å²) in [6.45, 7) is 2.68. The van der Waals surface area contributed by atoms with Gasteiger partial charge in [-0.2, -0.15) is 0 Å². The van der Waals surface area contributed by atoms with Gasteiger partial charge < -0.3 is 30.8 Å². The van der Waals surface area contributed by atoms with E-state index in [4.69, 9.17) is 22.7 Å². The average molecular weight is 365 g/mol. The second kappa shape index (κ2) is 6.36. The van der Waals surface area contributed by atoms with E-state index in [2.05, 4.69) is 26.8 Å². The Labute approximate surface area is 148 Å². The summed E-state index contributed by atoms with van der Waals surface area (Å²) in [5.41, 5.74) is 4.77. The van der Waals surface area contributed by atoms with Crippen molar-refractivity contribution >= 4 is 29.3 Å². The Balaban J connectivity index is 2.21. The van der Waals surface area contributed by atoms with Gasteiger partial charge in [0.15, 0.2) is 22.4 Å². The molecule has 134 valence electrons. The molecule has 3 heterocycles. The zero-order valence-electron chi connectivity index (χ0n) is 13.7. The van der Waals surface area contributed by atoms with Crippen LogP contribution in [0.15, 0.2) is 6.33 Å². The number of aromatic amines is 1. The van der Waals surface area contributed by atoms with Crippen molar-refractivity contribution in [1.29, 1.82) is 0 Å². The molecule has 1 aliphatic heterocycles. The molecular weight excluding hydrogens is 346 g/mol. The Hall–Kier alpha value is -2.03. The third-order valence-electron chi connectivity index (χ3n) is 4.34. The van der Waals surface area contributed by atoms with Crippen LogP contribution in [0.4, 0.5) is 5.95 Å². The molecule has 25 heavy (non-hydrogen) atoms. The molecule has 6 N–H and O–H groups in total. The van der Waals surface area contributed by atoms with E-state index >= 15 is 0 Å². The Morgan fingerprint density at radius 1 is 1.60 bits per heavy atom. The topological polar surface area (TPSA) is 142 Å². The monoisotopic (exact) mass is 365 g/mol. The number of hydrogen-bond acceptors (Lipinski definition) is 8. The summed E-state index contributed by atoms with van der Waals surface area (Å²) in [5, 5.41) is 31.0. The molecular formula is C15H19N5O4S. The molecule has 2 aromatic rings. The minimum absolute atomic E-state index is 0.0909. The second-order valence-electron chi connectivity index (χ2n) is 5.96. The minimum atomic E-state index is -1.74. The molecule has 1 aliphatic rings. The van der Waals surface area contributed by atoms with E-state index in [1.54, 1.807) is 6.92 Å². The van der Waals surface area contributed by atoms with Crippen molar-refractivity contribution in [2.24, 2.45) is 5.92 Å². The van der Waals surface area contributed by atoms with Crippen molar-refractivity contribution in [1.82, 2.24) is 19.5 Å². The third-order valence-corrected chi connectivity index (χ3v) is 4.62. The van der Waals surface area contributed by atoms with Crippen LogP contribution in [0.2, 0.25) is 0 Å². The Morgan fingerprint density at radius 2 is 2.32 bits per heavy atom. The van der Waals surface area contributed by atoms with Gasteiger partial charge in [0.05, 0.1) is 31.1 Å². The van der Waals surface area contributed by atoms with Gasteiger partial charge in [0.2, 0.25) is 0 Å². The number of fused-ring (bicyclic) bond motifs is 1. The number of nitrogens with two attached hydrogens (primary N) is 1. The van der Waals surface area contributed by atoms with Gasteiger partial charge in [-0.3, -0.25) is 4.57 Å². The van der Waals surface area contributed by atoms with Gasteiger partial charge in [0.25, 0.3) is 0 Å². The van der Waals surface area contributed by atoms with Crippen LogP contribution in [-0.2, 0) is 4.74 Å². The maximum atomic E-state index is 11.2. The van der Waals surface area contributed by atoms with E-state index in [0.29, 0.717) is 11.2 Å². The molecule has 3 rings (SSSR count). The summed E-state index contributed by atoms with van der Waals surface area (Å²) in [7, 11) is 0. The van der Waals surface area contributed by atoms with E-state index in [1.165, 1.54) is 17.8 Å². The average Bonchev–Trinajstić information content (AvgIpc) is 3.06. The number of nitrogen functional groups attached to an aromatic ring is 1. The highest BCUT2D eigenvalue weighted by molar-refractivity contribution is 7.71. The first-order chi connectivity index (χ1) is 11.8. The summed E-state index contributed by atoms with van der Waals surface area (Å²) >= 11 is 5.15. The zero-order valence-corrected chi connectivity index (χ0v) is 14.5. The van der Waals surface area contributed by atoms with Gasteiger partial charge in [-0.1, -0.05) is 18.1 Å². The van der Waals surface area contributed by atoms with E-state index in [9.17, 15) is 15.3 Å². The number of nitrogens with one attached hydrogen (secondary N) is 1. The Kier molecular flexibility index (Phi) is 4.52. The van der Waals surface area contributed by atoms with Crippen LogP contribution in [0, 0.1) is 22.4 Å². The Morgan fingerprint density at radius 3 is 2.92 bits per heavy atom. The molecule has 0 aliphatic carbocycles. The Bertz CT molecular complexity index is 914. The molecule has 2 unspecified atom stereocenters. The molecule has 1 fully saturated rings. The molecule has 1 saturated heterocycles. The van der Waals surface area contributed by atoms with E-state index in [1.807, 2.05) is 0 Å². The van der Waals surface area contributed by atoms with Crippen LogP contribution < -0.4 is 5.73 Å². The molecule has 2 aromatic heterocycles. The van der Waals surface area contributed by atoms with Gasteiger partial charge in [-0.25, -0.2) is 9.97 Å². The number of anilines is 1. The third kappa shape index (κ3) is 2.70. The zero-order chi connectivity index (χ0) is 18.4. The number of aliphatic hydroxyl groups excluding tert-OH is 2. The van der Waals surface area contributed by atoms with Crippen LogP contribution >= 0.6 is 12.2 Å². The SMILES string of the molecule is CC#CC1(O)C(CO)[C@@H]([C@H](C)O)O[C@H]1n1cnc2c(=S)nc(N)[nH]c21. The van der Waals surface area contributed by atoms with E-state index in [-0.39, 0.29) is 10.6 Å². The number of imidazole rings is 1. The van der Waals surface area contributed by atoms with Crippen molar-refractivity contribution in [2.45, 2.75) is 37.9 Å². The lowest BCUT2D eigenvalue weighted by Crippen LogP contribution is -2.44. The maximum Gasteiger partial charge on any atom is 0.200 e. The number of aromatic nitrogens is 4. The highest BCUT2D eigenvalue weighted by Gasteiger charge is 2.57. The largest absolute Gasteiger partial charge is 0.396 e. The van der Waals surface area contributed by atoms with Crippen LogP contribution in [0.1, 0.15) is 20.1 Å². The van der Waals surface area contributed by atoms with E-state index < -0.39 is 36.6 Å². The molecule has 10 heteroatoms. The molecule has 0 bridgehead atoms. The molecule has 0 saturated carbocycles. The van der Waals surface area contributed by atoms with Crippen LogP contribution in [0.25, 0.3) is 11.2 Å². The second-order valence-corrected chi connectivity index (χ2v) is 6.35. The van der Waals surface area contributed by atoms with Gasteiger partial charge in [0, 0.05) is 0 Å². The molecule has 0 radical (unpaired) electrons. The highest BCUT2D eigenvalue weighted by Crippen LogP contribution is 2.44. The predicted molar refractivity (Wildman–Crippen MR) is 91.7 cm³/mol. The number of nitrogens with zero attached hydrogens (tertiary/aromatic N) is 3. The number of ether oxygens (including phenoxy) is 1. The molecule has 0 amide bonds. The van der Waals surface area contributed by atoms with Crippen LogP contribution in [0.3, 0.4) is 0 Å². The van der Waals surface area contributed by atoms with Crippen molar-refractivity contribution in [3.8, 4) is 11.8 Å². The summed E-state index contributed by atoms with van der Waals surface area (Å²) in [6.07, 6.45) is -1.36. The van der Waals surface area contributed by atoms with Crippen molar-refractivity contribution < 1.29 is 20.1 Å². The first-order valence-corrected chi connectivity index (χ1v) is 8.07. The van der Waals surface area contributed by atoms with Gasteiger partial charge in [-0.05, 0) is 13.8 Å². The maximum absolute atomic E-state index is 11.2. The van der Waals surface area contributed by atoms with Gasteiger partial charge in [-0.15, -0.1) is 5.92 Å². The number of H-pyrrole nitrogens is 1. The molecule has 5 atom stereocenters. The molecule has 0 aromatic carbocycles. The highest BCUT2D eigenvalue weighted by atomic mass is 32.1. The van der Waals surface area contributed by atoms with Crippen LogP contribution in [0.5, 0.6) is 0 Å². The summed E-state index contributed by atoms with van der Waals surface area (Å²) < 4.78 is 7.58. The smallest absolute Gasteiger partial charge is 0.200 e. The van der Waals surface area contributed by atoms with Crippen molar-refractivity contribution in [3.63, 3.8) is 0 Å². The standard InChI is InChI=1S/C15H19N5O4S/c1-3-4-15(23)8(5-21)10(7(2)22)24-13(15)20-6-17-9-11(20)18-14(16)19-12(9)25/h6-8,10,13,21-23H,5H2,1-2H3,(H3,16,18,19,25)/t7-,8?,10+,13+,15?/m0/s1. The predicted octanol–water partition coefficient (Wildman–Crippen LogP) is -0.288. The first kappa shape index (κ1) is 17.8. The van der Waals surface area contributed by atoms with Crippen molar-refractivity contribution in [2.75, 3.05) is 12.3 Å². The van der Waals surface area contributed by atoms with Gasteiger partial charge >= 0.3 is 0 Å². The number of aliphatic hydroxyl groups is 3. The van der Waals surface area contributed by atoms with Crippen LogP contribution in [-0.4, -0.2) is 59.3 Å². The molecule has 9 nitrogen and oxygen atoms in total. The van der Waals surface area contributed by atoms with Gasteiger partial charge in [0.1, 0.15) is 11.2 Å². The fourth-order valence-electron chi connectivity index (χ4n) is 3.24. The number of rotatable bonds is 3. The lowest BCUT2D eigenvalue weighted by atomic mass is 9.84. The lowest BCUT2D eigenvalue weighted by Gasteiger charge is -2.28. The first-order valence-electron chi connectivity index (χ1n) is 7.66. The van der Waals surface area contributed by atoms with E-state index in [0.717, 1.165) is 0 Å². The normalized spacial score (nSPS) is 30.2. The molecule has 0 spiro atoms. The van der Waals surface area contributed by atoms with Crippen molar-refractivity contribution in [3.05, 3.63) is 11.0 Å². The summed E-state index contributed by atoms with van der Waals surface area (Å²) in [5.74, 6) is 4.65.